The molecule has 1 unspecified atom stereocenters. The van der Waals surface area contributed by atoms with Gasteiger partial charge in [0, 0.05) is 45.3 Å². The van der Waals surface area contributed by atoms with Gasteiger partial charge in [-0.2, -0.15) is 5.26 Å². The van der Waals surface area contributed by atoms with Crippen LogP contribution in [0.25, 0.3) is 0 Å². The third kappa shape index (κ3) is 4.48. The topological polar surface area (TPSA) is 33.5 Å². The molecule has 0 aromatic heterocycles. The normalized spacial score (nSPS) is 20.9. The van der Waals surface area contributed by atoms with Gasteiger partial charge in [0.25, 0.3) is 0 Å². The lowest BCUT2D eigenvalue weighted by Gasteiger charge is -2.34. The smallest absolute Gasteiger partial charge is 0.0638 e. The van der Waals surface area contributed by atoms with Crippen LogP contribution in [0.15, 0.2) is 0 Å². The van der Waals surface area contributed by atoms with Gasteiger partial charge in [0.15, 0.2) is 0 Å². The molecule has 0 aromatic rings. The summed E-state index contributed by atoms with van der Waals surface area (Å²) in [6.07, 6.45) is 0.624. The summed E-state index contributed by atoms with van der Waals surface area (Å²) in [7, 11) is 4.29. The second-order valence-corrected chi connectivity index (χ2v) is 4.84. The molecule has 0 aliphatic carbocycles. The standard InChI is InChI=1S/C12H24N4/c1-12(4-5-13)15(3)8-11-16-9-6-14(2)7-10-16/h12H,4,6-11H2,1-3H3. The first-order valence-electron chi connectivity index (χ1n) is 6.11. The highest BCUT2D eigenvalue weighted by Gasteiger charge is 2.15. The molecule has 0 saturated carbocycles. The molecule has 1 saturated heterocycles. The number of rotatable bonds is 5. The van der Waals surface area contributed by atoms with Crippen LogP contribution < -0.4 is 0 Å². The van der Waals surface area contributed by atoms with Crippen molar-refractivity contribution in [2.45, 2.75) is 19.4 Å². The van der Waals surface area contributed by atoms with Crippen LogP contribution in [0.3, 0.4) is 0 Å². The highest BCUT2D eigenvalue weighted by atomic mass is 15.3. The van der Waals surface area contributed by atoms with Crippen molar-refractivity contribution < 1.29 is 0 Å². The summed E-state index contributed by atoms with van der Waals surface area (Å²) in [6.45, 7) is 9.02. The molecular weight excluding hydrogens is 200 g/mol. The Kier molecular flexibility index (Phi) is 5.75. The van der Waals surface area contributed by atoms with E-state index in [9.17, 15) is 0 Å². The van der Waals surface area contributed by atoms with Gasteiger partial charge in [-0.3, -0.25) is 4.90 Å². The number of nitrogens with zero attached hydrogens (tertiary/aromatic N) is 4. The molecule has 1 fully saturated rings. The summed E-state index contributed by atoms with van der Waals surface area (Å²) in [5, 5.41) is 8.64. The van der Waals surface area contributed by atoms with E-state index in [0.29, 0.717) is 12.5 Å². The minimum Gasteiger partial charge on any atom is -0.304 e. The molecule has 16 heavy (non-hydrogen) atoms. The highest BCUT2D eigenvalue weighted by molar-refractivity contribution is 4.79. The fourth-order valence-corrected chi connectivity index (χ4v) is 1.88. The van der Waals surface area contributed by atoms with Crippen molar-refractivity contribution in [2.75, 3.05) is 53.4 Å². The third-order valence-electron chi connectivity index (χ3n) is 3.50. The Bertz CT molecular complexity index is 228. The van der Waals surface area contributed by atoms with Gasteiger partial charge in [0.1, 0.15) is 0 Å². The molecule has 0 aromatic carbocycles. The summed E-state index contributed by atoms with van der Waals surface area (Å²) < 4.78 is 0. The summed E-state index contributed by atoms with van der Waals surface area (Å²) in [6, 6.07) is 2.60. The van der Waals surface area contributed by atoms with Gasteiger partial charge >= 0.3 is 0 Å². The maximum atomic E-state index is 8.64. The molecule has 0 spiro atoms. The maximum absolute atomic E-state index is 8.64. The molecule has 1 aliphatic heterocycles. The second kappa shape index (κ2) is 6.85. The third-order valence-corrected chi connectivity index (χ3v) is 3.50. The maximum Gasteiger partial charge on any atom is 0.0638 e. The zero-order chi connectivity index (χ0) is 12.0. The quantitative estimate of drug-likeness (QED) is 0.680. The van der Waals surface area contributed by atoms with Gasteiger partial charge < -0.3 is 9.80 Å². The monoisotopic (exact) mass is 224 g/mol. The average molecular weight is 224 g/mol. The van der Waals surface area contributed by atoms with Crippen molar-refractivity contribution >= 4 is 0 Å². The van der Waals surface area contributed by atoms with Crippen LogP contribution in [-0.4, -0.2) is 74.1 Å². The minimum atomic E-state index is 0.373. The van der Waals surface area contributed by atoms with E-state index in [-0.39, 0.29) is 0 Å². The fraction of sp³-hybridized carbons (Fsp3) is 0.917. The van der Waals surface area contributed by atoms with Gasteiger partial charge in [-0.05, 0) is 21.0 Å². The van der Waals surface area contributed by atoms with Crippen molar-refractivity contribution in [1.29, 1.82) is 5.26 Å². The lowest BCUT2D eigenvalue weighted by atomic mass is 10.2. The van der Waals surface area contributed by atoms with Crippen molar-refractivity contribution in [3.63, 3.8) is 0 Å². The summed E-state index contributed by atoms with van der Waals surface area (Å²) in [5.74, 6) is 0. The molecule has 0 N–H and O–H groups in total. The van der Waals surface area contributed by atoms with Crippen molar-refractivity contribution in [3.8, 4) is 6.07 Å². The van der Waals surface area contributed by atoms with Crippen LogP contribution in [0.5, 0.6) is 0 Å². The minimum absolute atomic E-state index is 0.373. The average Bonchev–Trinajstić information content (AvgIpc) is 2.28. The van der Waals surface area contributed by atoms with E-state index >= 15 is 0 Å². The van der Waals surface area contributed by atoms with Gasteiger partial charge in [-0.1, -0.05) is 0 Å². The molecule has 4 heteroatoms. The predicted molar refractivity (Wildman–Crippen MR) is 66.3 cm³/mol. The number of nitriles is 1. The Morgan fingerprint density at radius 1 is 1.31 bits per heavy atom. The Labute approximate surface area is 99.4 Å². The first-order chi connectivity index (χ1) is 7.63. The van der Waals surface area contributed by atoms with E-state index in [1.165, 1.54) is 26.2 Å². The molecule has 0 radical (unpaired) electrons. The molecule has 4 nitrogen and oxygen atoms in total. The van der Waals surface area contributed by atoms with E-state index in [0.717, 1.165) is 13.1 Å². The molecule has 92 valence electrons. The van der Waals surface area contributed by atoms with Crippen LogP contribution in [0.1, 0.15) is 13.3 Å². The SMILES string of the molecule is CC(CC#N)N(C)CCN1CCN(C)CC1. The van der Waals surface area contributed by atoms with Crippen molar-refractivity contribution in [2.24, 2.45) is 0 Å². The Morgan fingerprint density at radius 3 is 2.50 bits per heavy atom. The highest BCUT2D eigenvalue weighted by Crippen LogP contribution is 2.02. The van der Waals surface area contributed by atoms with Crippen LogP contribution in [0.4, 0.5) is 0 Å². The van der Waals surface area contributed by atoms with Crippen molar-refractivity contribution in [1.82, 2.24) is 14.7 Å². The summed E-state index contributed by atoms with van der Waals surface area (Å²) >= 11 is 0. The molecular formula is C12H24N4. The van der Waals surface area contributed by atoms with Gasteiger partial charge in [0.05, 0.1) is 12.5 Å². The van der Waals surface area contributed by atoms with E-state index in [2.05, 4.69) is 41.8 Å². The Balaban J connectivity index is 2.16. The number of likely N-dealkylation sites (N-methyl/N-ethyl adjacent to an activating group) is 2. The number of piperazine rings is 1. The molecule has 0 bridgehead atoms. The lowest BCUT2D eigenvalue weighted by Crippen LogP contribution is -2.47. The Hall–Kier alpha value is -0.630. The van der Waals surface area contributed by atoms with Crippen LogP contribution in [0.2, 0.25) is 0 Å². The molecule has 1 atom stereocenters. The zero-order valence-electron chi connectivity index (χ0n) is 10.8. The first kappa shape index (κ1) is 13.4. The van der Waals surface area contributed by atoms with Crippen LogP contribution in [-0.2, 0) is 0 Å². The fourth-order valence-electron chi connectivity index (χ4n) is 1.88. The van der Waals surface area contributed by atoms with E-state index in [4.69, 9.17) is 5.26 Å². The molecule has 1 heterocycles. The lowest BCUT2D eigenvalue weighted by molar-refractivity contribution is 0.133. The van der Waals surface area contributed by atoms with Gasteiger partial charge in [-0.25, -0.2) is 0 Å². The second-order valence-electron chi connectivity index (χ2n) is 4.84. The number of hydrogen-bond donors (Lipinski definition) is 0. The summed E-state index contributed by atoms with van der Waals surface area (Å²) in [4.78, 5) is 7.16. The van der Waals surface area contributed by atoms with Crippen LogP contribution >= 0.6 is 0 Å². The van der Waals surface area contributed by atoms with Gasteiger partial charge in [-0.15, -0.1) is 0 Å². The molecule has 0 amide bonds. The molecule has 1 rings (SSSR count). The van der Waals surface area contributed by atoms with E-state index < -0.39 is 0 Å². The van der Waals surface area contributed by atoms with Gasteiger partial charge in [0.2, 0.25) is 0 Å². The van der Waals surface area contributed by atoms with Crippen LogP contribution in [0, 0.1) is 11.3 Å². The largest absolute Gasteiger partial charge is 0.304 e. The Morgan fingerprint density at radius 2 is 1.94 bits per heavy atom. The number of hydrogen-bond acceptors (Lipinski definition) is 4. The first-order valence-corrected chi connectivity index (χ1v) is 6.11. The molecule has 1 aliphatic rings. The predicted octanol–water partition coefficient (Wildman–Crippen LogP) is 0.468. The van der Waals surface area contributed by atoms with Crippen molar-refractivity contribution in [3.05, 3.63) is 0 Å². The van der Waals surface area contributed by atoms with E-state index in [1.807, 2.05) is 0 Å². The summed E-state index contributed by atoms with van der Waals surface area (Å²) in [5.41, 5.74) is 0. The zero-order valence-corrected chi connectivity index (χ0v) is 10.8. The van der Waals surface area contributed by atoms with E-state index in [1.54, 1.807) is 0 Å².